The quantitative estimate of drug-likeness (QED) is 0.629. The molecule has 0 radical (unpaired) electrons. The second kappa shape index (κ2) is 5.84. The minimum atomic E-state index is -0.346. The Balaban J connectivity index is 2.25. The first kappa shape index (κ1) is 14.2. The molecule has 0 unspecified atom stereocenters. The molecule has 0 amide bonds. The fraction of sp³-hybridized carbons (Fsp3) is 0.0714. The van der Waals surface area contributed by atoms with E-state index in [0.717, 1.165) is 5.56 Å². The van der Waals surface area contributed by atoms with E-state index in [2.05, 4.69) is 31.9 Å². The molecule has 19 heavy (non-hydrogen) atoms. The van der Waals surface area contributed by atoms with Gasteiger partial charge in [0, 0.05) is 22.1 Å². The zero-order chi connectivity index (χ0) is 14.0. The number of carbonyl (C=O) groups is 1. The summed E-state index contributed by atoms with van der Waals surface area (Å²) in [4.78, 5) is 12.2. The maximum atomic E-state index is 13.1. The van der Waals surface area contributed by atoms with Gasteiger partial charge < -0.3 is 5.73 Å². The Morgan fingerprint density at radius 2 is 1.84 bits per heavy atom. The molecule has 0 atom stereocenters. The van der Waals surface area contributed by atoms with Crippen molar-refractivity contribution in [3.63, 3.8) is 0 Å². The van der Waals surface area contributed by atoms with Crippen LogP contribution in [0, 0.1) is 5.82 Å². The van der Waals surface area contributed by atoms with Crippen LogP contribution < -0.4 is 5.73 Å². The molecular weight excluding hydrogens is 377 g/mol. The largest absolute Gasteiger partial charge is 0.399 e. The average molecular weight is 387 g/mol. The van der Waals surface area contributed by atoms with Gasteiger partial charge in [-0.2, -0.15) is 0 Å². The van der Waals surface area contributed by atoms with E-state index < -0.39 is 0 Å². The molecule has 0 heterocycles. The van der Waals surface area contributed by atoms with Gasteiger partial charge >= 0.3 is 0 Å². The number of hydrogen-bond acceptors (Lipinski definition) is 2. The van der Waals surface area contributed by atoms with Gasteiger partial charge in [-0.25, -0.2) is 4.39 Å². The summed E-state index contributed by atoms with van der Waals surface area (Å²) in [5.41, 5.74) is 7.48. The predicted molar refractivity (Wildman–Crippen MR) is 80.7 cm³/mol. The number of anilines is 1. The molecule has 0 fully saturated rings. The van der Waals surface area contributed by atoms with Gasteiger partial charge in [-0.15, -0.1) is 0 Å². The Morgan fingerprint density at radius 1 is 1.11 bits per heavy atom. The van der Waals surface area contributed by atoms with Crippen LogP contribution in [0.25, 0.3) is 0 Å². The van der Waals surface area contributed by atoms with E-state index in [-0.39, 0.29) is 18.0 Å². The standard InChI is InChI=1S/C14H10Br2FNO/c15-11-3-2-9(18)7-10(11)14(19)6-8-1-4-13(17)12(16)5-8/h1-5,7H,6,18H2. The number of hydrogen-bond donors (Lipinski definition) is 1. The van der Waals surface area contributed by atoms with Crippen LogP contribution in [0.5, 0.6) is 0 Å². The minimum absolute atomic E-state index is 0.0716. The molecule has 0 aliphatic rings. The Hall–Kier alpha value is -1.20. The zero-order valence-corrected chi connectivity index (χ0v) is 13.0. The van der Waals surface area contributed by atoms with Crippen molar-refractivity contribution in [3.8, 4) is 0 Å². The van der Waals surface area contributed by atoms with Gasteiger partial charge in [0.1, 0.15) is 5.82 Å². The van der Waals surface area contributed by atoms with Crippen LogP contribution in [0.3, 0.4) is 0 Å². The number of Topliss-reactive ketones (excluding diaryl/α,β-unsaturated/α-hetero) is 1. The monoisotopic (exact) mass is 385 g/mol. The van der Waals surface area contributed by atoms with Crippen molar-refractivity contribution in [3.05, 3.63) is 62.3 Å². The van der Waals surface area contributed by atoms with E-state index in [0.29, 0.717) is 20.2 Å². The van der Waals surface area contributed by atoms with Crippen molar-refractivity contribution in [2.45, 2.75) is 6.42 Å². The topological polar surface area (TPSA) is 43.1 Å². The minimum Gasteiger partial charge on any atom is -0.399 e. The lowest BCUT2D eigenvalue weighted by molar-refractivity contribution is 0.0992. The molecule has 0 aliphatic heterocycles. The molecule has 0 bridgehead atoms. The van der Waals surface area contributed by atoms with Crippen LogP contribution in [0.4, 0.5) is 10.1 Å². The smallest absolute Gasteiger partial charge is 0.168 e. The van der Waals surface area contributed by atoms with E-state index >= 15 is 0 Å². The molecule has 2 nitrogen and oxygen atoms in total. The van der Waals surface area contributed by atoms with Crippen LogP contribution in [0.2, 0.25) is 0 Å². The number of halogens is 3. The second-order valence-electron chi connectivity index (χ2n) is 4.09. The molecule has 0 aliphatic carbocycles. The Labute approximate surface area is 127 Å². The molecule has 98 valence electrons. The summed E-state index contributed by atoms with van der Waals surface area (Å²) >= 11 is 6.43. The molecule has 2 aromatic rings. The maximum Gasteiger partial charge on any atom is 0.168 e. The number of benzene rings is 2. The zero-order valence-electron chi connectivity index (χ0n) is 9.79. The fourth-order valence-corrected chi connectivity index (χ4v) is 2.58. The summed E-state index contributed by atoms with van der Waals surface area (Å²) in [5.74, 6) is -0.418. The van der Waals surface area contributed by atoms with E-state index in [4.69, 9.17) is 5.73 Å². The number of carbonyl (C=O) groups excluding carboxylic acids is 1. The lowest BCUT2D eigenvalue weighted by atomic mass is 10.0. The van der Waals surface area contributed by atoms with E-state index in [1.807, 2.05) is 0 Å². The van der Waals surface area contributed by atoms with E-state index in [1.54, 1.807) is 30.3 Å². The molecule has 0 saturated carbocycles. The van der Waals surface area contributed by atoms with Gasteiger partial charge in [-0.05, 0) is 51.8 Å². The van der Waals surface area contributed by atoms with Gasteiger partial charge in [0.05, 0.1) is 4.47 Å². The van der Waals surface area contributed by atoms with Crippen molar-refractivity contribution in [1.29, 1.82) is 0 Å². The summed E-state index contributed by atoms with van der Waals surface area (Å²) in [6, 6.07) is 9.62. The third kappa shape index (κ3) is 3.42. The van der Waals surface area contributed by atoms with Crippen molar-refractivity contribution in [1.82, 2.24) is 0 Å². The number of ketones is 1. The first-order valence-corrected chi connectivity index (χ1v) is 7.08. The molecule has 0 spiro atoms. The van der Waals surface area contributed by atoms with Crippen LogP contribution in [-0.4, -0.2) is 5.78 Å². The fourth-order valence-electron chi connectivity index (χ4n) is 1.69. The molecule has 2 aromatic carbocycles. The van der Waals surface area contributed by atoms with Gasteiger partial charge in [-0.1, -0.05) is 22.0 Å². The third-order valence-electron chi connectivity index (χ3n) is 2.64. The summed E-state index contributed by atoms with van der Waals surface area (Å²) in [5, 5.41) is 0. The van der Waals surface area contributed by atoms with Gasteiger partial charge in [0.25, 0.3) is 0 Å². The highest BCUT2D eigenvalue weighted by Crippen LogP contribution is 2.23. The Bertz CT molecular complexity index is 643. The maximum absolute atomic E-state index is 13.1. The highest BCUT2D eigenvalue weighted by Gasteiger charge is 2.12. The molecule has 5 heteroatoms. The first-order valence-electron chi connectivity index (χ1n) is 5.49. The second-order valence-corrected chi connectivity index (χ2v) is 5.80. The van der Waals surface area contributed by atoms with E-state index in [9.17, 15) is 9.18 Å². The molecule has 0 aromatic heterocycles. The van der Waals surface area contributed by atoms with Crippen molar-refractivity contribution in [2.75, 3.05) is 5.73 Å². The highest BCUT2D eigenvalue weighted by atomic mass is 79.9. The molecule has 0 saturated heterocycles. The Kier molecular flexibility index (Phi) is 4.37. The van der Waals surface area contributed by atoms with Crippen LogP contribution in [0.15, 0.2) is 45.3 Å². The van der Waals surface area contributed by atoms with Gasteiger partial charge in [-0.3, -0.25) is 4.79 Å². The summed E-state index contributed by atoms with van der Waals surface area (Å²) in [6.07, 6.45) is 0.195. The van der Waals surface area contributed by atoms with Gasteiger partial charge in [0.15, 0.2) is 5.78 Å². The Morgan fingerprint density at radius 3 is 2.53 bits per heavy atom. The molecule has 2 rings (SSSR count). The summed E-state index contributed by atoms with van der Waals surface area (Å²) < 4.78 is 14.2. The van der Waals surface area contributed by atoms with E-state index in [1.165, 1.54) is 6.07 Å². The molecule has 2 N–H and O–H groups in total. The van der Waals surface area contributed by atoms with Crippen molar-refractivity contribution < 1.29 is 9.18 Å². The van der Waals surface area contributed by atoms with Crippen LogP contribution in [0.1, 0.15) is 15.9 Å². The predicted octanol–water partition coefficient (Wildman–Crippen LogP) is 4.36. The van der Waals surface area contributed by atoms with Gasteiger partial charge in [0.2, 0.25) is 0 Å². The SMILES string of the molecule is Nc1ccc(Br)c(C(=O)Cc2ccc(F)c(Br)c2)c1. The average Bonchev–Trinajstić information content (AvgIpc) is 2.36. The van der Waals surface area contributed by atoms with Crippen LogP contribution >= 0.6 is 31.9 Å². The molecular formula is C14H10Br2FNO. The lowest BCUT2D eigenvalue weighted by Crippen LogP contribution is -2.05. The first-order chi connectivity index (χ1) is 8.97. The van der Waals surface area contributed by atoms with Crippen molar-refractivity contribution in [2.24, 2.45) is 0 Å². The van der Waals surface area contributed by atoms with Crippen molar-refractivity contribution >= 4 is 43.3 Å². The number of rotatable bonds is 3. The summed E-state index contributed by atoms with van der Waals surface area (Å²) in [6.45, 7) is 0. The highest BCUT2D eigenvalue weighted by molar-refractivity contribution is 9.10. The lowest BCUT2D eigenvalue weighted by Gasteiger charge is -2.06. The number of nitrogens with two attached hydrogens (primary N) is 1. The summed E-state index contributed by atoms with van der Waals surface area (Å²) in [7, 11) is 0. The third-order valence-corrected chi connectivity index (χ3v) is 3.94. The van der Waals surface area contributed by atoms with Crippen LogP contribution in [-0.2, 0) is 6.42 Å². The number of nitrogen functional groups attached to an aromatic ring is 1. The normalized spacial score (nSPS) is 10.5.